The Bertz CT molecular complexity index is 875. The summed E-state index contributed by atoms with van der Waals surface area (Å²) in [5.41, 5.74) is 9.03. The number of methoxy groups -OCH3 is 1. The molecule has 6 nitrogen and oxygen atoms in total. The second-order valence-corrected chi connectivity index (χ2v) is 5.44. The number of nitrogens with zero attached hydrogens (tertiary/aromatic N) is 3. The van der Waals surface area contributed by atoms with E-state index >= 15 is 0 Å². The van der Waals surface area contributed by atoms with Crippen molar-refractivity contribution in [2.45, 2.75) is 13.1 Å². The maximum absolute atomic E-state index is 5.97. The largest absolute Gasteiger partial charge is 0.496 e. The molecule has 3 aromatic rings. The van der Waals surface area contributed by atoms with E-state index < -0.39 is 0 Å². The van der Waals surface area contributed by atoms with Gasteiger partial charge in [-0.1, -0.05) is 30.3 Å². The van der Waals surface area contributed by atoms with Crippen molar-refractivity contribution in [2.75, 3.05) is 7.11 Å². The van der Waals surface area contributed by atoms with Crippen LogP contribution in [0.25, 0.3) is 11.0 Å². The molecule has 0 amide bonds. The van der Waals surface area contributed by atoms with Crippen LogP contribution in [0.2, 0.25) is 0 Å². The van der Waals surface area contributed by atoms with Gasteiger partial charge in [-0.15, -0.1) is 24.0 Å². The highest BCUT2D eigenvalue weighted by molar-refractivity contribution is 14.0. The Balaban J connectivity index is 0.00000225. The van der Waals surface area contributed by atoms with Crippen molar-refractivity contribution >= 4 is 41.0 Å². The zero-order valence-electron chi connectivity index (χ0n) is 14.3. The molecule has 0 radical (unpaired) electrons. The molecule has 0 bridgehead atoms. The summed E-state index contributed by atoms with van der Waals surface area (Å²) in [5.74, 6) is 2.10. The Morgan fingerprint density at radius 2 is 1.92 bits per heavy atom. The number of aryl methyl sites for hydroxylation is 1. The number of imidazole rings is 1. The van der Waals surface area contributed by atoms with Crippen LogP contribution in [-0.2, 0) is 20.1 Å². The smallest absolute Gasteiger partial charge is 0.189 e. The van der Waals surface area contributed by atoms with Gasteiger partial charge >= 0.3 is 0 Å². The first-order valence-corrected chi connectivity index (χ1v) is 7.75. The second-order valence-electron chi connectivity index (χ2n) is 5.44. The van der Waals surface area contributed by atoms with Crippen molar-refractivity contribution < 1.29 is 4.74 Å². The summed E-state index contributed by atoms with van der Waals surface area (Å²) in [6.45, 7) is 0.984. The number of ether oxygens (including phenoxy) is 1. The number of benzene rings is 2. The third-order valence-electron chi connectivity index (χ3n) is 3.92. The van der Waals surface area contributed by atoms with Crippen LogP contribution < -0.4 is 15.8 Å². The van der Waals surface area contributed by atoms with Gasteiger partial charge < -0.3 is 20.4 Å². The van der Waals surface area contributed by atoms with Crippen LogP contribution >= 0.6 is 24.0 Å². The molecule has 132 valence electrons. The standard InChI is InChI=1S/C18H21N5O.HI/c1-23-15-9-5-4-8-14(15)22-17(23)12-21-18(19)20-11-13-7-3-6-10-16(13)24-2;/h3-10H,11-12H2,1-2H3,(H3,19,20,21);1H. The number of nitrogens with one attached hydrogen (secondary N) is 1. The van der Waals surface area contributed by atoms with Gasteiger partial charge in [-0.3, -0.25) is 0 Å². The Morgan fingerprint density at radius 1 is 1.20 bits per heavy atom. The minimum Gasteiger partial charge on any atom is -0.496 e. The molecule has 7 heteroatoms. The average Bonchev–Trinajstić information content (AvgIpc) is 2.94. The molecular weight excluding hydrogens is 429 g/mol. The molecule has 0 saturated carbocycles. The zero-order chi connectivity index (χ0) is 16.9. The molecular formula is C18H22IN5O. The molecule has 0 saturated heterocycles. The quantitative estimate of drug-likeness (QED) is 0.356. The van der Waals surface area contributed by atoms with Crippen LogP contribution in [-0.4, -0.2) is 22.6 Å². The molecule has 25 heavy (non-hydrogen) atoms. The summed E-state index contributed by atoms with van der Waals surface area (Å²) in [6, 6.07) is 15.8. The van der Waals surface area contributed by atoms with Gasteiger partial charge in [0.15, 0.2) is 5.96 Å². The van der Waals surface area contributed by atoms with E-state index in [1.54, 1.807) is 7.11 Å². The fourth-order valence-corrected chi connectivity index (χ4v) is 2.58. The SMILES string of the molecule is COc1ccccc1CN=C(N)NCc1nc2ccccc2n1C.I. The average molecular weight is 451 g/mol. The highest BCUT2D eigenvalue weighted by Crippen LogP contribution is 2.18. The molecule has 0 spiro atoms. The first kappa shape index (κ1) is 19.0. The number of hydrogen-bond donors (Lipinski definition) is 2. The van der Waals surface area contributed by atoms with Crippen LogP contribution in [0.15, 0.2) is 53.5 Å². The van der Waals surface area contributed by atoms with E-state index in [0.717, 1.165) is 28.2 Å². The van der Waals surface area contributed by atoms with Gasteiger partial charge in [0.25, 0.3) is 0 Å². The number of fused-ring (bicyclic) bond motifs is 1. The second kappa shape index (κ2) is 8.70. The van der Waals surface area contributed by atoms with Gasteiger partial charge in [0.1, 0.15) is 11.6 Å². The Labute approximate surface area is 164 Å². The van der Waals surface area contributed by atoms with Crippen LogP contribution in [0.1, 0.15) is 11.4 Å². The summed E-state index contributed by atoms with van der Waals surface area (Å²) < 4.78 is 7.36. The van der Waals surface area contributed by atoms with E-state index in [1.165, 1.54) is 0 Å². The maximum Gasteiger partial charge on any atom is 0.189 e. The lowest BCUT2D eigenvalue weighted by atomic mass is 10.2. The van der Waals surface area contributed by atoms with E-state index in [4.69, 9.17) is 10.5 Å². The van der Waals surface area contributed by atoms with Crippen molar-refractivity contribution in [1.29, 1.82) is 0 Å². The number of aliphatic imine (C=N–C) groups is 1. The van der Waals surface area contributed by atoms with Crippen LogP contribution in [0.5, 0.6) is 5.75 Å². The zero-order valence-corrected chi connectivity index (χ0v) is 16.6. The van der Waals surface area contributed by atoms with E-state index in [2.05, 4.69) is 19.9 Å². The number of aromatic nitrogens is 2. The molecule has 1 aromatic heterocycles. The van der Waals surface area contributed by atoms with Crippen molar-refractivity contribution in [3.8, 4) is 5.75 Å². The van der Waals surface area contributed by atoms with Crippen LogP contribution in [0, 0.1) is 0 Å². The van der Waals surface area contributed by atoms with Gasteiger partial charge in [0, 0.05) is 12.6 Å². The third kappa shape index (κ3) is 4.41. The number of halogens is 1. The van der Waals surface area contributed by atoms with Gasteiger partial charge in [-0.05, 0) is 18.2 Å². The summed E-state index contributed by atoms with van der Waals surface area (Å²) in [5, 5.41) is 3.11. The van der Waals surface area contributed by atoms with Crippen LogP contribution in [0.4, 0.5) is 0 Å². The minimum atomic E-state index is 0. The van der Waals surface area contributed by atoms with E-state index in [9.17, 15) is 0 Å². The Hall–Kier alpha value is -2.29. The molecule has 0 aliphatic heterocycles. The first-order valence-electron chi connectivity index (χ1n) is 7.75. The number of hydrogen-bond acceptors (Lipinski definition) is 3. The minimum absolute atomic E-state index is 0. The molecule has 3 N–H and O–H groups in total. The highest BCUT2D eigenvalue weighted by Gasteiger charge is 2.07. The lowest BCUT2D eigenvalue weighted by molar-refractivity contribution is 0.410. The number of para-hydroxylation sites is 3. The monoisotopic (exact) mass is 451 g/mol. The first-order chi connectivity index (χ1) is 11.7. The molecule has 0 unspecified atom stereocenters. The molecule has 0 aliphatic carbocycles. The van der Waals surface area contributed by atoms with Crippen molar-refractivity contribution in [3.63, 3.8) is 0 Å². The lowest BCUT2D eigenvalue weighted by Crippen LogP contribution is -2.32. The van der Waals surface area contributed by atoms with Gasteiger partial charge in [-0.2, -0.15) is 0 Å². The highest BCUT2D eigenvalue weighted by atomic mass is 127. The molecule has 2 aromatic carbocycles. The van der Waals surface area contributed by atoms with Gasteiger partial charge in [0.05, 0.1) is 31.2 Å². The molecule has 0 aliphatic rings. The Kier molecular flexibility index (Phi) is 6.63. The molecule has 3 rings (SSSR count). The number of guanidine groups is 1. The maximum atomic E-state index is 5.97. The fourth-order valence-electron chi connectivity index (χ4n) is 2.58. The van der Waals surface area contributed by atoms with E-state index in [0.29, 0.717) is 19.0 Å². The Morgan fingerprint density at radius 3 is 2.68 bits per heavy atom. The summed E-state index contributed by atoms with van der Waals surface area (Å²) in [7, 11) is 3.64. The summed E-state index contributed by atoms with van der Waals surface area (Å²) in [6.07, 6.45) is 0. The summed E-state index contributed by atoms with van der Waals surface area (Å²) >= 11 is 0. The topological polar surface area (TPSA) is 77.5 Å². The number of rotatable bonds is 5. The van der Waals surface area contributed by atoms with Crippen molar-refractivity contribution in [3.05, 3.63) is 59.9 Å². The summed E-state index contributed by atoms with van der Waals surface area (Å²) in [4.78, 5) is 8.97. The van der Waals surface area contributed by atoms with E-state index in [1.807, 2.05) is 55.6 Å². The van der Waals surface area contributed by atoms with Gasteiger partial charge in [0.2, 0.25) is 0 Å². The van der Waals surface area contributed by atoms with Crippen molar-refractivity contribution in [1.82, 2.24) is 14.9 Å². The van der Waals surface area contributed by atoms with Gasteiger partial charge in [-0.25, -0.2) is 9.98 Å². The number of nitrogens with two attached hydrogens (primary N) is 1. The fraction of sp³-hybridized carbons (Fsp3) is 0.222. The van der Waals surface area contributed by atoms with Crippen LogP contribution in [0.3, 0.4) is 0 Å². The van der Waals surface area contributed by atoms with Crippen molar-refractivity contribution in [2.24, 2.45) is 17.8 Å². The molecule has 1 heterocycles. The molecule has 0 atom stereocenters. The normalized spacial score (nSPS) is 11.2. The van der Waals surface area contributed by atoms with E-state index in [-0.39, 0.29) is 24.0 Å². The third-order valence-corrected chi connectivity index (χ3v) is 3.92. The lowest BCUT2D eigenvalue weighted by Gasteiger charge is -2.08. The predicted octanol–water partition coefficient (Wildman–Crippen LogP) is 2.80. The molecule has 0 fully saturated rings. The predicted molar refractivity (Wildman–Crippen MR) is 111 cm³/mol.